The molecule has 3 aromatic rings. The highest BCUT2D eigenvalue weighted by Crippen LogP contribution is 2.34. The highest BCUT2D eigenvalue weighted by molar-refractivity contribution is 6.00. The summed E-state index contributed by atoms with van der Waals surface area (Å²) in [6, 6.07) is 9.61. The van der Waals surface area contributed by atoms with Crippen molar-refractivity contribution in [3.63, 3.8) is 0 Å². The van der Waals surface area contributed by atoms with Gasteiger partial charge < -0.3 is 15.1 Å². The number of para-hydroxylation sites is 1. The van der Waals surface area contributed by atoms with Crippen LogP contribution < -0.4 is 5.32 Å². The molecule has 0 bridgehead atoms. The Kier molecular flexibility index (Phi) is 5.06. The molecule has 2 aromatic heterocycles. The molecule has 156 valence electrons. The number of anilines is 1. The van der Waals surface area contributed by atoms with Crippen LogP contribution in [0.1, 0.15) is 15.9 Å². The van der Waals surface area contributed by atoms with Crippen molar-refractivity contribution in [3.8, 4) is 0 Å². The molecular weight excluding hydrogens is 399 g/mol. The smallest absolute Gasteiger partial charge is 0.335 e. The molecule has 0 atom stereocenters. The predicted octanol–water partition coefficient (Wildman–Crippen LogP) is 3.34. The summed E-state index contributed by atoms with van der Waals surface area (Å²) in [6.45, 7) is 0.977. The summed E-state index contributed by atoms with van der Waals surface area (Å²) in [5.41, 5.74) is -0.0425. The van der Waals surface area contributed by atoms with E-state index in [9.17, 15) is 22.8 Å². The van der Waals surface area contributed by atoms with Gasteiger partial charge in [0.1, 0.15) is 0 Å². The predicted molar refractivity (Wildman–Crippen MR) is 103 cm³/mol. The summed E-state index contributed by atoms with van der Waals surface area (Å²) >= 11 is 0. The van der Waals surface area contributed by atoms with Gasteiger partial charge in [0, 0.05) is 32.4 Å². The first kappa shape index (κ1) is 19.7. The summed E-state index contributed by atoms with van der Waals surface area (Å²) in [7, 11) is 0. The highest BCUT2D eigenvalue weighted by atomic mass is 19.4. The van der Waals surface area contributed by atoms with Crippen LogP contribution in [0.2, 0.25) is 0 Å². The SMILES string of the molecule is O=C(Nc1ccccc1C(F)(F)F)N1CCN(C(=O)c2cnn3ccccc23)CC1. The van der Waals surface area contributed by atoms with E-state index in [-0.39, 0.29) is 37.8 Å². The van der Waals surface area contributed by atoms with Crippen molar-refractivity contribution in [1.82, 2.24) is 19.4 Å². The summed E-state index contributed by atoms with van der Waals surface area (Å²) < 4.78 is 40.9. The number of rotatable bonds is 2. The van der Waals surface area contributed by atoms with Crippen molar-refractivity contribution in [1.29, 1.82) is 0 Å². The molecule has 0 spiro atoms. The van der Waals surface area contributed by atoms with E-state index in [0.29, 0.717) is 11.1 Å². The van der Waals surface area contributed by atoms with Crippen molar-refractivity contribution < 1.29 is 22.8 Å². The summed E-state index contributed by atoms with van der Waals surface area (Å²) in [5.74, 6) is -0.196. The fourth-order valence-electron chi connectivity index (χ4n) is 3.42. The molecule has 3 heterocycles. The minimum atomic E-state index is -4.57. The lowest BCUT2D eigenvalue weighted by Crippen LogP contribution is -2.51. The number of nitrogens with zero attached hydrogens (tertiary/aromatic N) is 4. The average Bonchev–Trinajstić information content (AvgIpc) is 3.17. The van der Waals surface area contributed by atoms with Crippen LogP contribution in [0.25, 0.3) is 5.52 Å². The van der Waals surface area contributed by atoms with E-state index >= 15 is 0 Å². The Hall–Kier alpha value is -3.56. The van der Waals surface area contributed by atoms with Crippen molar-refractivity contribution in [2.45, 2.75) is 6.18 Å². The number of hydrogen-bond acceptors (Lipinski definition) is 3. The molecule has 0 unspecified atom stereocenters. The molecule has 4 rings (SSSR count). The van der Waals surface area contributed by atoms with Gasteiger partial charge in [0.15, 0.2) is 0 Å². The monoisotopic (exact) mass is 417 g/mol. The van der Waals surface area contributed by atoms with Crippen LogP contribution in [-0.2, 0) is 6.18 Å². The van der Waals surface area contributed by atoms with Crippen molar-refractivity contribution in [2.24, 2.45) is 0 Å². The molecular formula is C20H18F3N5O2. The second kappa shape index (κ2) is 7.69. The lowest BCUT2D eigenvalue weighted by atomic mass is 10.1. The maximum Gasteiger partial charge on any atom is 0.418 e. The number of halogens is 3. The summed E-state index contributed by atoms with van der Waals surface area (Å²) in [6.07, 6.45) is -1.32. The van der Waals surface area contributed by atoms with Crippen LogP contribution in [0, 0.1) is 0 Å². The average molecular weight is 417 g/mol. The van der Waals surface area contributed by atoms with Gasteiger partial charge in [-0.15, -0.1) is 0 Å². The molecule has 1 aliphatic heterocycles. The number of alkyl halides is 3. The number of carbonyl (C=O) groups is 2. The number of piperazine rings is 1. The Balaban J connectivity index is 1.40. The Morgan fingerprint density at radius 2 is 1.60 bits per heavy atom. The zero-order valence-corrected chi connectivity index (χ0v) is 15.8. The number of nitrogens with one attached hydrogen (secondary N) is 1. The Morgan fingerprint density at radius 1 is 0.933 bits per heavy atom. The van der Waals surface area contributed by atoms with E-state index in [1.54, 1.807) is 21.7 Å². The number of hydrogen-bond donors (Lipinski definition) is 1. The van der Waals surface area contributed by atoms with Crippen LogP contribution in [0.15, 0.2) is 54.9 Å². The van der Waals surface area contributed by atoms with Gasteiger partial charge in [-0.05, 0) is 24.3 Å². The molecule has 0 aliphatic carbocycles. The molecule has 1 fully saturated rings. The number of urea groups is 1. The van der Waals surface area contributed by atoms with E-state index in [4.69, 9.17) is 0 Å². The first-order valence-electron chi connectivity index (χ1n) is 9.28. The van der Waals surface area contributed by atoms with Gasteiger partial charge in [0.05, 0.1) is 28.5 Å². The van der Waals surface area contributed by atoms with E-state index < -0.39 is 17.8 Å². The Labute approximate surface area is 169 Å². The molecule has 0 saturated carbocycles. The van der Waals surface area contributed by atoms with Gasteiger partial charge in [-0.2, -0.15) is 18.3 Å². The second-order valence-electron chi connectivity index (χ2n) is 6.84. The number of carbonyl (C=O) groups excluding carboxylic acids is 2. The molecule has 1 N–H and O–H groups in total. The van der Waals surface area contributed by atoms with Gasteiger partial charge >= 0.3 is 12.2 Å². The molecule has 0 radical (unpaired) electrons. The van der Waals surface area contributed by atoms with Crippen molar-refractivity contribution in [3.05, 3.63) is 66.0 Å². The Bertz CT molecular complexity index is 1090. The zero-order chi connectivity index (χ0) is 21.3. The summed E-state index contributed by atoms with van der Waals surface area (Å²) in [4.78, 5) is 28.3. The standard InChI is InChI=1S/C20H18F3N5O2/c21-20(22,23)15-5-1-2-6-16(15)25-19(30)27-11-9-26(10-12-27)18(29)14-13-24-28-8-4-3-7-17(14)28/h1-8,13H,9-12H2,(H,25,30). The lowest BCUT2D eigenvalue weighted by molar-refractivity contribution is -0.136. The molecule has 30 heavy (non-hydrogen) atoms. The zero-order valence-electron chi connectivity index (χ0n) is 15.8. The van der Waals surface area contributed by atoms with E-state index in [1.807, 2.05) is 12.1 Å². The molecule has 7 nitrogen and oxygen atoms in total. The molecule has 1 aliphatic rings. The molecule has 10 heteroatoms. The Morgan fingerprint density at radius 3 is 2.33 bits per heavy atom. The van der Waals surface area contributed by atoms with E-state index in [1.165, 1.54) is 29.3 Å². The van der Waals surface area contributed by atoms with Gasteiger partial charge in [-0.25, -0.2) is 9.31 Å². The normalized spacial score (nSPS) is 14.8. The van der Waals surface area contributed by atoms with E-state index in [0.717, 1.165) is 6.07 Å². The first-order chi connectivity index (χ1) is 14.3. The van der Waals surface area contributed by atoms with Crippen LogP contribution >= 0.6 is 0 Å². The lowest BCUT2D eigenvalue weighted by Gasteiger charge is -2.34. The maximum atomic E-state index is 13.1. The fourth-order valence-corrected chi connectivity index (χ4v) is 3.42. The van der Waals surface area contributed by atoms with Crippen molar-refractivity contribution >= 4 is 23.1 Å². The third-order valence-corrected chi connectivity index (χ3v) is 4.99. The number of pyridine rings is 1. The topological polar surface area (TPSA) is 70.0 Å². The van der Waals surface area contributed by atoms with Gasteiger partial charge in [-0.3, -0.25) is 4.79 Å². The van der Waals surface area contributed by atoms with Crippen LogP contribution in [-0.4, -0.2) is 57.5 Å². The van der Waals surface area contributed by atoms with Gasteiger partial charge in [0.2, 0.25) is 0 Å². The number of fused-ring (bicyclic) bond motifs is 1. The number of benzene rings is 1. The maximum absolute atomic E-state index is 13.1. The fraction of sp³-hybridized carbons (Fsp3) is 0.250. The quantitative estimate of drug-likeness (QED) is 0.695. The second-order valence-corrected chi connectivity index (χ2v) is 6.84. The highest BCUT2D eigenvalue weighted by Gasteiger charge is 2.34. The van der Waals surface area contributed by atoms with Crippen LogP contribution in [0.4, 0.5) is 23.7 Å². The van der Waals surface area contributed by atoms with Gasteiger partial charge in [0.25, 0.3) is 5.91 Å². The van der Waals surface area contributed by atoms with Crippen LogP contribution in [0.5, 0.6) is 0 Å². The minimum Gasteiger partial charge on any atom is -0.335 e. The van der Waals surface area contributed by atoms with Crippen molar-refractivity contribution in [2.75, 3.05) is 31.5 Å². The summed E-state index contributed by atoms with van der Waals surface area (Å²) in [5, 5.41) is 6.49. The number of aromatic nitrogens is 2. The molecule has 1 saturated heterocycles. The van der Waals surface area contributed by atoms with E-state index in [2.05, 4.69) is 10.4 Å². The number of amides is 3. The third-order valence-electron chi connectivity index (χ3n) is 4.99. The molecule has 1 aromatic carbocycles. The largest absolute Gasteiger partial charge is 0.418 e. The van der Waals surface area contributed by atoms with Gasteiger partial charge in [-0.1, -0.05) is 18.2 Å². The van der Waals surface area contributed by atoms with Crippen LogP contribution in [0.3, 0.4) is 0 Å². The molecule has 3 amide bonds. The minimum absolute atomic E-state index is 0.196. The first-order valence-corrected chi connectivity index (χ1v) is 9.28. The third kappa shape index (κ3) is 3.80.